The highest BCUT2D eigenvalue weighted by Gasteiger charge is 2.29. The van der Waals surface area contributed by atoms with Gasteiger partial charge in [0.2, 0.25) is 5.95 Å². The molecule has 1 saturated heterocycles. The van der Waals surface area contributed by atoms with Crippen LogP contribution in [-0.4, -0.2) is 44.1 Å². The highest BCUT2D eigenvalue weighted by molar-refractivity contribution is 7.85. The molecule has 2 atom stereocenters. The molecule has 2 aliphatic rings. The second-order valence-electron chi connectivity index (χ2n) is 8.68. The topological polar surface area (TPSA) is 95.4 Å². The highest BCUT2D eigenvalue weighted by Crippen LogP contribution is 2.34. The first-order valence-corrected chi connectivity index (χ1v) is 13.0. The van der Waals surface area contributed by atoms with Gasteiger partial charge in [0, 0.05) is 35.5 Å². The van der Waals surface area contributed by atoms with Crippen LogP contribution in [0.25, 0.3) is 0 Å². The molecule has 0 spiro atoms. The Kier molecular flexibility index (Phi) is 6.52. The molecule has 0 aliphatic carbocycles. The number of hydrogen-bond donors (Lipinski definition) is 2. The van der Waals surface area contributed by atoms with E-state index in [1.165, 1.54) is 5.56 Å². The van der Waals surface area contributed by atoms with Crippen molar-refractivity contribution in [2.24, 2.45) is 0 Å². The summed E-state index contributed by atoms with van der Waals surface area (Å²) < 4.78 is 12.9. The summed E-state index contributed by atoms with van der Waals surface area (Å²) >= 11 is 6.05. The molecule has 1 aromatic heterocycles. The van der Waals surface area contributed by atoms with Gasteiger partial charge in [-0.25, -0.2) is 4.98 Å². The fourth-order valence-corrected chi connectivity index (χ4v) is 6.02. The maximum absolute atomic E-state index is 12.9. The molecule has 1 unspecified atom stereocenters. The van der Waals surface area contributed by atoms with Crippen molar-refractivity contribution in [3.05, 3.63) is 70.4 Å². The molecular weight excluding hydrogens is 472 g/mol. The van der Waals surface area contributed by atoms with Crippen LogP contribution in [0.1, 0.15) is 35.6 Å². The Labute approximate surface area is 205 Å². The average Bonchev–Trinajstić information content (AvgIpc) is 3.31. The number of carbonyl (C=O) groups is 1. The molecule has 0 saturated carbocycles. The predicted octanol–water partition coefficient (Wildman–Crippen LogP) is 4.55. The molecule has 34 heavy (non-hydrogen) atoms. The maximum Gasteiger partial charge on any atom is 0.307 e. The van der Waals surface area contributed by atoms with Crippen molar-refractivity contribution in [1.82, 2.24) is 9.97 Å². The van der Waals surface area contributed by atoms with Crippen LogP contribution < -0.4 is 10.2 Å². The maximum atomic E-state index is 12.9. The first-order valence-electron chi connectivity index (χ1n) is 11.3. The molecule has 0 radical (unpaired) electrons. The van der Waals surface area contributed by atoms with Gasteiger partial charge >= 0.3 is 5.97 Å². The molecule has 5 rings (SSSR count). The van der Waals surface area contributed by atoms with Crippen LogP contribution in [0.4, 0.5) is 17.5 Å². The molecular formula is C25H25ClN4O3S. The van der Waals surface area contributed by atoms with Crippen LogP contribution in [0, 0.1) is 0 Å². The molecule has 3 aromatic rings. The summed E-state index contributed by atoms with van der Waals surface area (Å²) in [5.74, 6) is 1.33. The lowest BCUT2D eigenvalue weighted by atomic mass is 9.99. The van der Waals surface area contributed by atoms with Gasteiger partial charge in [0.1, 0.15) is 4.90 Å². The molecule has 7 nitrogen and oxygen atoms in total. The van der Waals surface area contributed by atoms with Gasteiger partial charge < -0.3 is 15.3 Å². The van der Waals surface area contributed by atoms with E-state index in [-0.39, 0.29) is 6.42 Å². The SMILES string of the molecule is O=C(O)Cc1ccc(Nc2nc(N3CCC(c4ccc(Cl)cc4)C3)nc3c2[S@](=O)CCC3)cc1. The average molecular weight is 497 g/mol. The Morgan fingerprint density at radius 2 is 1.91 bits per heavy atom. The van der Waals surface area contributed by atoms with E-state index in [9.17, 15) is 9.00 Å². The van der Waals surface area contributed by atoms with Crippen LogP contribution in [0.3, 0.4) is 0 Å². The Bertz CT molecular complexity index is 1230. The predicted molar refractivity (Wildman–Crippen MR) is 134 cm³/mol. The smallest absolute Gasteiger partial charge is 0.307 e. The van der Waals surface area contributed by atoms with Crippen LogP contribution in [0.2, 0.25) is 5.02 Å². The zero-order valence-corrected chi connectivity index (χ0v) is 20.1. The number of hydrogen-bond acceptors (Lipinski definition) is 6. The number of nitrogens with one attached hydrogen (secondary N) is 1. The Morgan fingerprint density at radius 3 is 2.65 bits per heavy atom. The van der Waals surface area contributed by atoms with Gasteiger partial charge in [0.05, 0.1) is 22.9 Å². The first kappa shape index (κ1) is 22.8. The monoisotopic (exact) mass is 496 g/mol. The number of aliphatic carboxylic acids is 1. The van der Waals surface area contributed by atoms with Gasteiger partial charge in [0.15, 0.2) is 5.82 Å². The van der Waals surface area contributed by atoms with Gasteiger partial charge in [-0.1, -0.05) is 35.9 Å². The Morgan fingerprint density at radius 1 is 1.15 bits per heavy atom. The quantitative estimate of drug-likeness (QED) is 0.517. The summed E-state index contributed by atoms with van der Waals surface area (Å²) in [5, 5.41) is 13.0. The molecule has 2 N–H and O–H groups in total. The number of aryl methyl sites for hydroxylation is 1. The third kappa shape index (κ3) is 4.93. The summed E-state index contributed by atoms with van der Waals surface area (Å²) in [6.45, 7) is 1.66. The van der Waals surface area contributed by atoms with Crippen LogP contribution >= 0.6 is 11.6 Å². The van der Waals surface area contributed by atoms with Gasteiger partial charge in [-0.15, -0.1) is 0 Å². The summed E-state index contributed by atoms with van der Waals surface area (Å²) in [6, 6.07) is 15.2. The van der Waals surface area contributed by atoms with Crippen molar-refractivity contribution in [2.45, 2.75) is 36.5 Å². The van der Waals surface area contributed by atoms with Crippen molar-refractivity contribution in [2.75, 3.05) is 29.1 Å². The second kappa shape index (κ2) is 9.72. The second-order valence-corrected chi connectivity index (χ2v) is 10.6. The fraction of sp³-hybridized carbons (Fsp3) is 0.320. The lowest BCUT2D eigenvalue weighted by Crippen LogP contribution is -2.25. The molecule has 0 bridgehead atoms. The van der Waals surface area contributed by atoms with E-state index in [1.807, 2.05) is 24.3 Å². The van der Waals surface area contributed by atoms with Crippen LogP contribution in [0.5, 0.6) is 0 Å². The Balaban J connectivity index is 1.42. The van der Waals surface area contributed by atoms with Gasteiger partial charge in [0.25, 0.3) is 0 Å². The molecule has 176 valence electrons. The van der Waals surface area contributed by atoms with Crippen LogP contribution in [0.15, 0.2) is 53.4 Å². The van der Waals surface area contributed by atoms with Crippen molar-refractivity contribution in [1.29, 1.82) is 0 Å². The van der Waals surface area contributed by atoms with E-state index in [4.69, 9.17) is 26.7 Å². The Hall–Kier alpha value is -2.97. The van der Waals surface area contributed by atoms with Crippen molar-refractivity contribution in [3.63, 3.8) is 0 Å². The molecule has 2 aromatic carbocycles. The molecule has 1 fully saturated rings. The lowest BCUT2D eigenvalue weighted by Gasteiger charge is -2.23. The molecule has 0 amide bonds. The number of benzene rings is 2. The number of aromatic nitrogens is 2. The van der Waals surface area contributed by atoms with E-state index >= 15 is 0 Å². The van der Waals surface area contributed by atoms with E-state index in [0.29, 0.717) is 28.3 Å². The summed E-state index contributed by atoms with van der Waals surface area (Å²) in [7, 11) is -1.16. The largest absolute Gasteiger partial charge is 0.481 e. The summed E-state index contributed by atoms with van der Waals surface area (Å²) in [6.07, 6.45) is 2.59. The van der Waals surface area contributed by atoms with E-state index in [2.05, 4.69) is 22.3 Å². The number of carboxylic acids is 1. The highest BCUT2D eigenvalue weighted by atomic mass is 35.5. The number of anilines is 3. The van der Waals surface area contributed by atoms with E-state index < -0.39 is 16.8 Å². The standard InChI is InChI=1S/C25H25ClN4O3S/c26-19-7-5-17(6-8-19)18-11-12-30(15-18)25-28-21-2-1-13-34(33)23(21)24(29-25)27-20-9-3-16(4-10-20)14-22(31)32/h3-10,18H,1-2,11-15H2,(H,31,32)(H,27,28,29)/t18?,34-/m1/s1. The minimum Gasteiger partial charge on any atom is -0.481 e. The van der Waals surface area contributed by atoms with Gasteiger partial charge in [-0.3, -0.25) is 9.00 Å². The lowest BCUT2D eigenvalue weighted by molar-refractivity contribution is -0.136. The van der Waals surface area contributed by atoms with Crippen molar-refractivity contribution < 1.29 is 14.1 Å². The van der Waals surface area contributed by atoms with Crippen molar-refractivity contribution >= 4 is 45.8 Å². The summed E-state index contributed by atoms with van der Waals surface area (Å²) in [4.78, 5) is 23.5. The zero-order chi connectivity index (χ0) is 23.7. The minimum atomic E-state index is -1.16. The molecule has 9 heteroatoms. The minimum absolute atomic E-state index is 0.0267. The zero-order valence-electron chi connectivity index (χ0n) is 18.5. The number of rotatable bonds is 6. The number of carboxylic acid groups (broad SMARTS) is 1. The number of nitrogens with zero attached hydrogens (tertiary/aromatic N) is 3. The fourth-order valence-electron chi connectivity index (χ4n) is 4.56. The van der Waals surface area contributed by atoms with E-state index in [1.54, 1.807) is 12.1 Å². The third-order valence-corrected chi connectivity index (χ3v) is 8.08. The number of fused-ring (bicyclic) bond motifs is 1. The van der Waals surface area contributed by atoms with E-state index in [0.717, 1.165) is 54.3 Å². The third-order valence-electron chi connectivity index (χ3n) is 6.28. The molecule has 3 heterocycles. The normalized spacial score (nSPS) is 19.6. The van der Waals surface area contributed by atoms with Gasteiger partial charge in [-0.05, 0) is 54.7 Å². The number of halogens is 1. The first-order chi connectivity index (χ1) is 16.5. The molecule has 2 aliphatic heterocycles. The van der Waals surface area contributed by atoms with Gasteiger partial charge in [-0.2, -0.15) is 4.98 Å². The van der Waals surface area contributed by atoms with Crippen molar-refractivity contribution in [3.8, 4) is 0 Å². The summed E-state index contributed by atoms with van der Waals surface area (Å²) in [5.41, 5.74) is 3.58. The van der Waals surface area contributed by atoms with Crippen LogP contribution in [-0.2, 0) is 28.4 Å².